The number of rotatable bonds is 2. The lowest BCUT2D eigenvalue weighted by Gasteiger charge is -2.08. The smallest absolute Gasteiger partial charge is 0.175 e. The summed E-state index contributed by atoms with van der Waals surface area (Å²) < 4.78 is 23.3. The summed E-state index contributed by atoms with van der Waals surface area (Å²) >= 11 is 1.60. The van der Waals surface area contributed by atoms with Crippen molar-refractivity contribution in [3.8, 4) is 0 Å². The summed E-state index contributed by atoms with van der Waals surface area (Å²) in [6, 6.07) is 3.94. The van der Waals surface area contributed by atoms with Gasteiger partial charge in [-0.3, -0.25) is 0 Å². The normalized spacial score (nSPS) is 15.3. The van der Waals surface area contributed by atoms with Gasteiger partial charge in [0.15, 0.2) is 9.84 Å². The zero-order chi connectivity index (χ0) is 11.1. The summed E-state index contributed by atoms with van der Waals surface area (Å²) in [5, 5.41) is 0. The molecule has 82 valence electrons. The van der Waals surface area contributed by atoms with E-state index < -0.39 is 9.84 Å². The summed E-state index contributed by atoms with van der Waals surface area (Å²) in [5.74, 6) is 0. The Kier molecular flexibility index (Phi) is 2.81. The summed E-state index contributed by atoms with van der Waals surface area (Å²) in [5.41, 5.74) is 2.28. The van der Waals surface area contributed by atoms with Gasteiger partial charge in [-0.1, -0.05) is 0 Å². The fourth-order valence-electron chi connectivity index (χ4n) is 2.09. The van der Waals surface area contributed by atoms with Gasteiger partial charge in [-0.2, -0.15) is 0 Å². The number of thioether (sulfide) groups is 1. The highest BCUT2D eigenvalue weighted by Gasteiger charge is 2.21. The highest BCUT2D eigenvalue weighted by molar-refractivity contribution is 7.98. The van der Waals surface area contributed by atoms with Gasteiger partial charge in [-0.15, -0.1) is 11.8 Å². The minimum atomic E-state index is -3.07. The molecule has 0 saturated carbocycles. The minimum absolute atomic E-state index is 0.543. The number of sulfone groups is 1. The molecule has 1 aromatic rings. The molecule has 0 aromatic heterocycles. The lowest BCUT2D eigenvalue weighted by Crippen LogP contribution is -2.02. The van der Waals surface area contributed by atoms with Crippen LogP contribution in [0.3, 0.4) is 0 Å². The van der Waals surface area contributed by atoms with Gasteiger partial charge in [0, 0.05) is 11.2 Å². The van der Waals surface area contributed by atoms with Crippen molar-refractivity contribution in [1.82, 2.24) is 0 Å². The Morgan fingerprint density at radius 3 is 2.60 bits per heavy atom. The minimum Gasteiger partial charge on any atom is -0.224 e. The maximum absolute atomic E-state index is 11.7. The first-order chi connectivity index (χ1) is 7.02. The molecule has 0 aliphatic heterocycles. The Labute approximate surface area is 95.0 Å². The lowest BCUT2D eigenvalue weighted by atomic mass is 10.1. The molecule has 2 nitrogen and oxygen atoms in total. The number of benzene rings is 1. The van der Waals surface area contributed by atoms with E-state index in [0.717, 1.165) is 29.7 Å². The van der Waals surface area contributed by atoms with Crippen LogP contribution in [0.5, 0.6) is 0 Å². The molecular weight excluding hydrogens is 228 g/mol. The quantitative estimate of drug-likeness (QED) is 0.746. The fourth-order valence-corrected chi connectivity index (χ4v) is 3.68. The highest BCUT2D eigenvalue weighted by atomic mass is 32.2. The number of fused-ring (bicyclic) bond motifs is 1. The Hall–Kier alpha value is -0.480. The van der Waals surface area contributed by atoms with Crippen LogP contribution >= 0.6 is 11.8 Å². The van der Waals surface area contributed by atoms with Gasteiger partial charge in [0.2, 0.25) is 0 Å². The molecule has 0 N–H and O–H groups in total. The van der Waals surface area contributed by atoms with E-state index in [0.29, 0.717) is 4.90 Å². The van der Waals surface area contributed by atoms with Crippen LogP contribution in [0.1, 0.15) is 17.5 Å². The van der Waals surface area contributed by atoms with Gasteiger partial charge in [0.05, 0.1) is 4.90 Å². The topological polar surface area (TPSA) is 34.1 Å². The van der Waals surface area contributed by atoms with Gasteiger partial charge >= 0.3 is 0 Å². The molecule has 0 bridgehead atoms. The van der Waals surface area contributed by atoms with Gasteiger partial charge in [-0.05, 0) is 48.8 Å². The van der Waals surface area contributed by atoms with Crippen molar-refractivity contribution in [3.05, 3.63) is 23.3 Å². The van der Waals surface area contributed by atoms with Crippen molar-refractivity contribution >= 4 is 21.6 Å². The van der Waals surface area contributed by atoms with Gasteiger partial charge < -0.3 is 0 Å². The third kappa shape index (κ3) is 2.06. The lowest BCUT2D eigenvalue weighted by molar-refractivity contribution is 0.600. The number of hydrogen-bond donors (Lipinski definition) is 0. The first kappa shape index (κ1) is 11.0. The van der Waals surface area contributed by atoms with Crippen molar-refractivity contribution in [1.29, 1.82) is 0 Å². The van der Waals surface area contributed by atoms with E-state index in [4.69, 9.17) is 0 Å². The molecule has 1 aliphatic rings. The number of hydrogen-bond acceptors (Lipinski definition) is 3. The Bertz CT molecular complexity index is 490. The van der Waals surface area contributed by atoms with E-state index in [2.05, 4.69) is 6.07 Å². The van der Waals surface area contributed by atoms with Crippen molar-refractivity contribution in [3.63, 3.8) is 0 Å². The van der Waals surface area contributed by atoms with Crippen LogP contribution in [0.2, 0.25) is 0 Å². The Balaban J connectivity index is 2.68. The molecule has 1 aromatic carbocycles. The summed E-state index contributed by atoms with van der Waals surface area (Å²) in [6.07, 6.45) is 6.28. The van der Waals surface area contributed by atoms with Crippen molar-refractivity contribution in [2.24, 2.45) is 0 Å². The van der Waals surface area contributed by atoms with Crippen LogP contribution in [0.25, 0.3) is 0 Å². The molecule has 2 rings (SSSR count). The zero-order valence-electron chi connectivity index (χ0n) is 8.91. The summed E-state index contributed by atoms with van der Waals surface area (Å²) in [6.45, 7) is 0. The van der Waals surface area contributed by atoms with Crippen LogP contribution in [-0.2, 0) is 22.7 Å². The molecule has 0 saturated heterocycles. The monoisotopic (exact) mass is 242 g/mol. The van der Waals surface area contributed by atoms with Crippen LogP contribution in [0.4, 0.5) is 0 Å². The molecule has 15 heavy (non-hydrogen) atoms. The first-order valence-electron chi connectivity index (χ1n) is 4.92. The van der Waals surface area contributed by atoms with Crippen LogP contribution in [0, 0.1) is 0 Å². The van der Waals surface area contributed by atoms with Crippen molar-refractivity contribution in [2.75, 3.05) is 12.5 Å². The predicted molar refractivity (Wildman–Crippen MR) is 63.4 cm³/mol. The molecule has 0 fully saturated rings. The second-order valence-corrected chi connectivity index (χ2v) is 6.75. The maximum Gasteiger partial charge on any atom is 0.175 e. The summed E-state index contributed by atoms with van der Waals surface area (Å²) in [7, 11) is -3.07. The Morgan fingerprint density at radius 2 is 2.00 bits per heavy atom. The average molecular weight is 242 g/mol. The highest BCUT2D eigenvalue weighted by Crippen LogP contribution is 2.32. The standard InChI is InChI=1S/C11H14O2S2/c1-14-9-6-8-4-3-5-10(8)11(7-9)15(2,12)13/h6-7H,3-5H2,1-2H3. The Morgan fingerprint density at radius 1 is 1.27 bits per heavy atom. The van der Waals surface area contributed by atoms with Crippen molar-refractivity contribution < 1.29 is 8.42 Å². The van der Waals surface area contributed by atoms with Gasteiger partial charge in [0.25, 0.3) is 0 Å². The summed E-state index contributed by atoms with van der Waals surface area (Å²) in [4.78, 5) is 1.60. The van der Waals surface area contributed by atoms with Gasteiger partial charge in [-0.25, -0.2) is 8.42 Å². The molecule has 0 atom stereocenters. The van der Waals surface area contributed by atoms with E-state index in [1.165, 1.54) is 11.8 Å². The van der Waals surface area contributed by atoms with Crippen LogP contribution in [0.15, 0.2) is 21.9 Å². The molecule has 1 aliphatic carbocycles. The molecule has 0 spiro atoms. The van der Waals surface area contributed by atoms with E-state index in [1.54, 1.807) is 11.8 Å². The average Bonchev–Trinajstić information content (AvgIpc) is 2.61. The van der Waals surface area contributed by atoms with Gasteiger partial charge in [0.1, 0.15) is 0 Å². The number of aryl methyl sites for hydroxylation is 1. The second kappa shape index (κ2) is 3.83. The fraction of sp³-hybridized carbons (Fsp3) is 0.455. The van der Waals surface area contributed by atoms with Crippen LogP contribution in [-0.4, -0.2) is 20.9 Å². The van der Waals surface area contributed by atoms with E-state index >= 15 is 0 Å². The molecule has 0 heterocycles. The van der Waals surface area contributed by atoms with E-state index in [9.17, 15) is 8.42 Å². The van der Waals surface area contributed by atoms with E-state index in [-0.39, 0.29) is 0 Å². The molecule has 4 heteroatoms. The molecular formula is C11H14O2S2. The third-order valence-electron chi connectivity index (χ3n) is 2.78. The first-order valence-corrected chi connectivity index (χ1v) is 8.04. The molecule has 0 radical (unpaired) electrons. The SMILES string of the molecule is CSc1cc2c(c(S(C)(=O)=O)c1)CCC2. The van der Waals surface area contributed by atoms with E-state index in [1.807, 2.05) is 12.3 Å². The second-order valence-electron chi connectivity index (χ2n) is 3.89. The molecule has 0 amide bonds. The maximum atomic E-state index is 11.7. The third-order valence-corrected chi connectivity index (χ3v) is 4.65. The zero-order valence-corrected chi connectivity index (χ0v) is 10.5. The molecule has 0 unspecified atom stereocenters. The largest absolute Gasteiger partial charge is 0.224 e. The predicted octanol–water partition coefficient (Wildman–Crippen LogP) is 2.30. The van der Waals surface area contributed by atoms with Crippen molar-refractivity contribution in [2.45, 2.75) is 29.1 Å². The van der Waals surface area contributed by atoms with Crippen LogP contribution < -0.4 is 0 Å².